The summed E-state index contributed by atoms with van der Waals surface area (Å²) in [5.41, 5.74) is 7.48. The van der Waals surface area contributed by atoms with E-state index in [4.69, 9.17) is 10.5 Å². The fraction of sp³-hybridized carbons (Fsp3) is 0.0909. The molecule has 0 saturated carbocycles. The van der Waals surface area contributed by atoms with Gasteiger partial charge in [-0.05, 0) is 23.7 Å². The van der Waals surface area contributed by atoms with E-state index in [9.17, 15) is 4.79 Å². The molecule has 0 aliphatic carbocycles. The minimum Gasteiger partial charge on any atom is -0.480 e. The second-order valence-corrected chi connectivity index (χ2v) is 4.78. The molecule has 0 radical (unpaired) electrons. The highest BCUT2D eigenvalue weighted by atomic mass is 79.9. The van der Waals surface area contributed by atoms with Crippen molar-refractivity contribution in [2.45, 2.75) is 0 Å². The van der Waals surface area contributed by atoms with Gasteiger partial charge in [0.15, 0.2) is 0 Å². The van der Waals surface area contributed by atoms with Crippen molar-refractivity contribution in [1.29, 1.82) is 0 Å². The fourth-order valence-electron chi connectivity index (χ4n) is 1.44. The first kappa shape index (κ1) is 12.1. The first-order valence-corrected chi connectivity index (χ1v) is 6.34. The molecule has 0 fully saturated rings. The van der Waals surface area contributed by atoms with Crippen LogP contribution in [0.1, 0.15) is 10.4 Å². The number of nitrogens with zero attached hydrogens (tertiary/aromatic N) is 1. The molecule has 0 spiro atoms. The number of hydrogen-bond donors (Lipinski definition) is 1. The standard InChI is InChI=1S/C11H9BrN2O2S/c1-16-11-8(5-17-14-11)7-3-2-6(10(13)15)4-9(7)12/h2-5H,1H3,(H2,13,15). The average Bonchev–Trinajstić information content (AvgIpc) is 2.76. The summed E-state index contributed by atoms with van der Waals surface area (Å²) in [6, 6.07) is 5.19. The van der Waals surface area contributed by atoms with Crippen LogP contribution in [0.3, 0.4) is 0 Å². The summed E-state index contributed by atoms with van der Waals surface area (Å²) < 4.78 is 10.1. The summed E-state index contributed by atoms with van der Waals surface area (Å²) in [4.78, 5) is 11.0. The van der Waals surface area contributed by atoms with Crippen LogP contribution in [0.4, 0.5) is 0 Å². The molecule has 4 nitrogen and oxygen atoms in total. The van der Waals surface area contributed by atoms with E-state index in [-0.39, 0.29) is 0 Å². The SMILES string of the molecule is COc1nscc1-c1ccc(C(N)=O)cc1Br. The van der Waals surface area contributed by atoms with E-state index in [2.05, 4.69) is 20.3 Å². The third-order valence-electron chi connectivity index (χ3n) is 2.27. The monoisotopic (exact) mass is 312 g/mol. The van der Waals surface area contributed by atoms with Crippen molar-refractivity contribution < 1.29 is 9.53 Å². The summed E-state index contributed by atoms with van der Waals surface area (Å²) in [6.45, 7) is 0. The summed E-state index contributed by atoms with van der Waals surface area (Å²) in [6.07, 6.45) is 0. The second kappa shape index (κ2) is 4.85. The highest BCUT2D eigenvalue weighted by Gasteiger charge is 2.13. The Morgan fingerprint density at radius 1 is 1.47 bits per heavy atom. The van der Waals surface area contributed by atoms with E-state index < -0.39 is 5.91 Å². The zero-order valence-electron chi connectivity index (χ0n) is 8.94. The second-order valence-electron chi connectivity index (χ2n) is 3.30. The number of carbonyl (C=O) groups is 1. The lowest BCUT2D eigenvalue weighted by atomic mass is 10.1. The number of primary amides is 1. The number of halogens is 1. The summed E-state index contributed by atoms with van der Waals surface area (Å²) in [5, 5.41) is 1.89. The molecule has 6 heteroatoms. The van der Waals surface area contributed by atoms with E-state index in [1.54, 1.807) is 19.2 Å². The van der Waals surface area contributed by atoms with Crippen molar-refractivity contribution in [3.05, 3.63) is 33.6 Å². The number of nitrogens with two attached hydrogens (primary N) is 1. The Kier molecular flexibility index (Phi) is 3.44. The average molecular weight is 313 g/mol. The van der Waals surface area contributed by atoms with E-state index >= 15 is 0 Å². The number of methoxy groups -OCH3 is 1. The number of amides is 1. The number of rotatable bonds is 3. The van der Waals surface area contributed by atoms with Gasteiger partial charge in [0, 0.05) is 21.0 Å². The van der Waals surface area contributed by atoms with E-state index in [1.807, 2.05) is 11.4 Å². The van der Waals surface area contributed by atoms with Crippen LogP contribution in [-0.4, -0.2) is 17.4 Å². The smallest absolute Gasteiger partial charge is 0.248 e. The first-order chi connectivity index (χ1) is 8.13. The fourth-order valence-corrected chi connectivity index (χ4v) is 2.69. The number of aromatic nitrogens is 1. The third-order valence-corrected chi connectivity index (χ3v) is 3.54. The predicted molar refractivity (Wildman–Crippen MR) is 70.3 cm³/mol. The van der Waals surface area contributed by atoms with Gasteiger partial charge in [0.1, 0.15) is 0 Å². The van der Waals surface area contributed by atoms with Crippen LogP contribution in [0.2, 0.25) is 0 Å². The van der Waals surface area contributed by atoms with Crippen molar-refractivity contribution >= 4 is 33.4 Å². The molecule has 2 rings (SSSR count). The van der Waals surface area contributed by atoms with Gasteiger partial charge >= 0.3 is 0 Å². The van der Waals surface area contributed by atoms with E-state index in [0.29, 0.717) is 11.4 Å². The van der Waals surface area contributed by atoms with Gasteiger partial charge in [-0.25, -0.2) is 0 Å². The molecule has 1 aromatic carbocycles. The number of carbonyl (C=O) groups excluding carboxylic acids is 1. The van der Waals surface area contributed by atoms with Crippen molar-refractivity contribution in [1.82, 2.24) is 4.37 Å². The summed E-state index contributed by atoms with van der Waals surface area (Å²) in [5.74, 6) is 0.121. The lowest BCUT2D eigenvalue weighted by Crippen LogP contribution is -2.10. The van der Waals surface area contributed by atoms with Gasteiger partial charge in [0.25, 0.3) is 0 Å². The largest absolute Gasteiger partial charge is 0.480 e. The zero-order chi connectivity index (χ0) is 12.4. The van der Waals surface area contributed by atoms with Gasteiger partial charge in [-0.15, -0.1) is 0 Å². The molecule has 1 amide bonds. The van der Waals surface area contributed by atoms with Crippen LogP contribution < -0.4 is 10.5 Å². The Hall–Kier alpha value is -1.40. The molecule has 2 aromatic rings. The Labute approximate surface area is 111 Å². The van der Waals surface area contributed by atoms with Gasteiger partial charge in [0.05, 0.1) is 12.7 Å². The Bertz CT molecular complexity index is 568. The molecule has 0 atom stereocenters. The van der Waals surface area contributed by atoms with E-state index in [1.165, 1.54) is 11.5 Å². The topological polar surface area (TPSA) is 65.2 Å². The molecule has 1 aromatic heterocycles. The van der Waals surface area contributed by atoms with Crippen molar-refractivity contribution in [2.75, 3.05) is 7.11 Å². The maximum Gasteiger partial charge on any atom is 0.248 e. The van der Waals surface area contributed by atoms with Gasteiger partial charge in [-0.3, -0.25) is 4.79 Å². The molecule has 0 unspecified atom stereocenters. The maximum absolute atomic E-state index is 11.0. The van der Waals surface area contributed by atoms with Crippen LogP contribution in [-0.2, 0) is 0 Å². The molecule has 17 heavy (non-hydrogen) atoms. The molecule has 0 bridgehead atoms. The Balaban J connectivity index is 2.50. The molecule has 88 valence electrons. The van der Waals surface area contributed by atoms with Crippen molar-refractivity contribution in [3.63, 3.8) is 0 Å². The number of benzene rings is 1. The predicted octanol–water partition coefficient (Wildman–Crippen LogP) is 2.68. The zero-order valence-corrected chi connectivity index (χ0v) is 11.3. The van der Waals surface area contributed by atoms with Crippen LogP contribution in [0.15, 0.2) is 28.1 Å². The minimum atomic E-state index is -0.451. The third kappa shape index (κ3) is 2.32. The van der Waals surface area contributed by atoms with Crippen LogP contribution in [0, 0.1) is 0 Å². The molecule has 2 N–H and O–H groups in total. The number of ether oxygens (including phenoxy) is 1. The summed E-state index contributed by atoms with van der Waals surface area (Å²) in [7, 11) is 1.57. The van der Waals surface area contributed by atoms with Gasteiger partial charge in [-0.1, -0.05) is 22.0 Å². The molecule has 1 heterocycles. The van der Waals surface area contributed by atoms with Gasteiger partial charge < -0.3 is 10.5 Å². The Morgan fingerprint density at radius 3 is 2.82 bits per heavy atom. The van der Waals surface area contributed by atoms with E-state index in [0.717, 1.165) is 15.6 Å². The number of hydrogen-bond acceptors (Lipinski definition) is 4. The van der Waals surface area contributed by atoms with Crippen molar-refractivity contribution in [2.24, 2.45) is 5.73 Å². The molecule has 0 aliphatic heterocycles. The van der Waals surface area contributed by atoms with Crippen LogP contribution in [0.25, 0.3) is 11.1 Å². The summed E-state index contributed by atoms with van der Waals surface area (Å²) >= 11 is 4.73. The lowest BCUT2D eigenvalue weighted by molar-refractivity contribution is 0.100. The first-order valence-electron chi connectivity index (χ1n) is 4.71. The molecule has 0 saturated heterocycles. The van der Waals surface area contributed by atoms with Gasteiger partial charge in [-0.2, -0.15) is 4.37 Å². The molecule has 0 aliphatic rings. The van der Waals surface area contributed by atoms with Crippen molar-refractivity contribution in [3.8, 4) is 17.0 Å². The minimum absolute atomic E-state index is 0.451. The maximum atomic E-state index is 11.0. The quantitative estimate of drug-likeness (QED) is 0.947. The van der Waals surface area contributed by atoms with Crippen LogP contribution >= 0.6 is 27.5 Å². The highest BCUT2D eigenvalue weighted by Crippen LogP contribution is 2.35. The normalized spacial score (nSPS) is 10.2. The van der Waals surface area contributed by atoms with Crippen LogP contribution in [0.5, 0.6) is 5.88 Å². The van der Waals surface area contributed by atoms with Gasteiger partial charge in [0.2, 0.25) is 11.8 Å². The highest BCUT2D eigenvalue weighted by molar-refractivity contribution is 9.10. The Morgan fingerprint density at radius 2 is 2.24 bits per heavy atom. The lowest BCUT2D eigenvalue weighted by Gasteiger charge is -2.05. The molecular weight excluding hydrogens is 304 g/mol. The molecular formula is C11H9BrN2O2S.